The van der Waals surface area contributed by atoms with Gasteiger partial charge < -0.3 is 10.6 Å². The molecule has 0 bridgehead atoms. The van der Waals surface area contributed by atoms with E-state index in [0.717, 1.165) is 25.9 Å². The van der Waals surface area contributed by atoms with Gasteiger partial charge in [-0.1, -0.05) is 0 Å². The fraction of sp³-hybridized carbons (Fsp3) is 0.833. The van der Waals surface area contributed by atoms with Gasteiger partial charge >= 0.3 is 5.37 Å². The Bertz CT molecular complexity index is 123. The van der Waals surface area contributed by atoms with E-state index in [4.69, 9.17) is 11.6 Å². The highest BCUT2D eigenvalue weighted by molar-refractivity contribution is 6.62. The van der Waals surface area contributed by atoms with Gasteiger partial charge in [0, 0.05) is 12.6 Å². The van der Waals surface area contributed by atoms with Crippen LogP contribution in [0.25, 0.3) is 0 Å². The molecule has 10 heavy (non-hydrogen) atoms. The zero-order valence-electron chi connectivity index (χ0n) is 5.69. The Morgan fingerprint density at radius 1 is 1.70 bits per heavy atom. The van der Waals surface area contributed by atoms with Crippen LogP contribution in [0.1, 0.15) is 12.8 Å². The molecule has 1 saturated heterocycles. The molecular formula is C6H11ClN2O. The average molecular weight is 163 g/mol. The monoisotopic (exact) mass is 162 g/mol. The van der Waals surface area contributed by atoms with Crippen LogP contribution in [0.15, 0.2) is 0 Å². The molecule has 1 aliphatic heterocycles. The van der Waals surface area contributed by atoms with Crippen molar-refractivity contribution in [3.63, 3.8) is 0 Å². The zero-order valence-corrected chi connectivity index (χ0v) is 6.45. The Hall–Kier alpha value is -0.280. The van der Waals surface area contributed by atoms with Crippen molar-refractivity contribution in [1.29, 1.82) is 0 Å². The van der Waals surface area contributed by atoms with Crippen LogP contribution >= 0.6 is 11.6 Å². The van der Waals surface area contributed by atoms with Gasteiger partial charge in [-0.2, -0.15) is 0 Å². The lowest BCUT2D eigenvalue weighted by molar-refractivity contribution is 0.253. The van der Waals surface area contributed by atoms with Crippen LogP contribution < -0.4 is 10.6 Å². The highest BCUT2D eigenvalue weighted by Crippen LogP contribution is 2.01. The average Bonchev–Trinajstić information content (AvgIpc) is 1.88. The van der Waals surface area contributed by atoms with E-state index in [1.165, 1.54) is 0 Å². The number of carbonyl (C=O) groups is 1. The number of halogens is 1. The molecule has 2 N–H and O–H groups in total. The third-order valence-corrected chi connectivity index (χ3v) is 1.72. The van der Waals surface area contributed by atoms with Crippen LogP contribution in [0.5, 0.6) is 0 Å². The SMILES string of the molecule is O=C(Cl)NC1CCCNC1. The van der Waals surface area contributed by atoms with Gasteiger partial charge in [0.25, 0.3) is 0 Å². The third kappa shape index (κ3) is 2.54. The van der Waals surface area contributed by atoms with E-state index in [0.29, 0.717) is 0 Å². The number of piperidine rings is 1. The first-order valence-corrected chi connectivity index (χ1v) is 3.83. The van der Waals surface area contributed by atoms with Crippen LogP contribution in [0.3, 0.4) is 0 Å². The Kier molecular flexibility index (Phi) is 2.96. The van der Waals surface area contributed by atoms with Crippen molar-refractivity contribution >= 4 is 17.0 Å². The predicted octanol–water partition coefficient (Wildman–Crippen LogP) is 0.687. The van der Waals surface area contributed by atoms with Crippen molar-refractivity contribution in [2.24, 2.45) is 0 Å². The van der Waals surface area contributed by atoms with Gasteiger partial charge in [-0.25, -0.2) is 0 Å². The molecule has 1 unspecified atom stereocenters. The van der Waals surface area contributed by atoms with E-state index < -0.39 is 5.37 Å². The van der Waals surface area contributed by atoms with E-state index in [-0.39, 0.29) is 6.04 Å². The summed E-state index contributed by atoms with van der Waals surface area (Å²) in [6.45, 7) is 1.90. The van der Waals surface area contributed by atoms with Crippen molar-refractivity contribution in [3.05, 3.63) is 0 Å². The quantitative estimate of drug-likeness (QED) is 0.440. The summed E-state index contributed by atoms with van der Waals surface area (Å²) in [6, 6.07) is 0.235. The fourth-order valence-corrected chi connectivity index (χ4v) is 1.29. The van der Waals surface area contributed by atoms with Crippen LogP contribution in [0.4, 0.5) is 4.79 Å². The molecule has 1 rings (SSSR count). The van der Waals surface area contributed by atoms with Crippen LogP contribution in [-0.4, -0.2) is 24.5 Å². The molecule has 58 valence electrons. The number of nitrogens with one attached hydrogen (secondary N) is 2. The summed E-state index contributed by atoms with van der Waals surface area (Å²) in [5.41, 5.74) is 0. The normalized spacial score (nSPS) is 25.9. The maximum Gasteiger partial charge on any atom is 0.314 e. The Morgan fingerprint density at radius 3 is 3.00 bits per heavy atom. The highest BCUT2D eigenvalue weighted by Gasteiger charge is 2.13. The van der Waals surface area contributed by atoms with Crippen molar-refractivity contribution < 1.29 is 4.79 Å². The molecule has 0 saturated carbocycles. The lowest BCUT2D eigenvalue weighted by Crippen LogP contribution is -2.43. The van der Waals surface area contributed by atoms with Gasteiger partial charge in [0.05, 0.1) is 0 Å². The van der Waals surface area contributed by atoms with Gasteiger partial charge in [-0.15, -0.1) is 0 Å². The molecular weight excluding hydrogens is 152 g/mol. The molecule has 1 aliphatic rings. The van der Waals surface area contributed by atoms with E-state index >= 15 is 0 Å². The lowest BCUT2D eigenvalue weighted by atomic mass is 10.1. The van der Waals surface area contributed by atoms with E-state index in [1.54, 1.807) is 0 Å². The number of amides is 1. The molecule has 1 amide bonds. The predicted molar refractivity (Wildman–Crippen MR) is 40.3 cm³/mol. The Labute approximate surface area is 65.1 Å². The molecule has 0 spiro atoms. The second-order valence-corrected chi connectivity index (χ2v) is 2.80. The minimum atomic E-state index is -0.450. The molecule has 0 aromatic heterocycles. The summed E-state index contributed by atoms with van der Waals surface area (Å²) in [4.78, 5) is 10.3. The summed E-state index contributed by atoms with van der Waals surface area (Å²) >= 11 is 5.13. The smallest absolute Gasteiger partial charge is 0.314 e. The molecule has 0 aliphatic carbocycles. The zero-order chi connectivity index (χ0) is 7.40. The maximum atomic E-state index is 10.3. The first-order valence-electron chi connectivity index (χ1n) is 3.46. The molecule has 0 aromatic rings. The van der Waals surface area contributed by atoms with Crippen LogP contribution in [-0.2, 0) is 0 Å². The topological polar surface area (TPSA) is 41.1 Å². The van der Waals surface area contributed by atoms with Crippen molar-refractivity contribution in [1.82, 2.24) is 10.6 Å². The Morgan fingerprint density at radius 2 is 2.50 bits per heavy atom. The summed E-state index contributed by atoms with van der Waals surface area (Å²) in [7, 11) is 0. The van der Waals surface area contributed by atoms with Gasteiger partial charge in [0.2, 0.25) is 0 Å². The van der Waals surface area contributed by atoms with Gasteiger partial charge in [-0.3, -0.25) is 4.79 Å². The molecule has 1 atom stereocenters. The molecule has 4 heteroatoms. The highest BCUT2D eigenvalue weighted by atomic mass is 35.5. The number of hydrogen-bond donors (Lipinski definition) is 2. The van der Waals surface area contributed by atoms with Gasteiger partial charge in [-0.05, 0) is 31.0 Å². The first-order chi connectivity index (χ1) is 4.79. The summed E-state index contributed by atoms with van der Waals surface area (Å²) in [6.07, 6.45) is 2.15. The maximum absolute atomic E-state index is 10.3. The summed E-state index contributed by atoms with van der Waals surface area (Å²) in [5.74, 6) is 0. The largest absolute Gasteiger partial charge is 0.339 e. The van der Waals surface area contributed by atoms with Crippen LogP contribution in [0.2, 0.25) is 0 Å². The number of hydrogen-bond acceptors (Lipinski definition) is 2. The summed E-state index contributed by atoms with van der Waals surface area (Å²) in [5, 5.41) is 5.36. The van der Waals surface area contributed by atoms with E-state index in [1.807, 2.05) is 0 Å². The minimum absolute atomic E-state index is 0.235. The van der Waals surface area contributed by atoms with Crippen LogP contribution in [0, 0.1) is 0 Å². The van der Waals surface area contributed by atoms with Crippen molar-refractivity contribution in [2.45, 2.75) is 18.9 Å². The number of carbonyl (C=O) groups excluding carboxylic acids is 1. The van der Waals surface area contributed by atoms with Gasteiger partial charge in [0.1, 0.15) is 0 Å². The standard InChI is InChI=1S/C6H11ClN2O/c7-6(10)9-5-2-1-3-8-4-5/h5,8H,1-4H2,(H,9,10). The van der Waals surface area contributed by atoms with E-state index in [9.17, 15) is 4.79 Å². The third-order valence-electron chi connectivity index (χ3n) is 1.61. The van der Waals surface area contributed by atoms with Gasteiger partial charge in [0.15, 0.2) is 0 Å². The lowest BCUT2D eigenvalue weighted by Gasteiger charge is -2.22. The second kappa shape index (κ2) is 3.78. The number of rotatable bonds is 1. The molecule has 0 radical (unpaired) electrons. The molecule has 1 heterocycles. The molecule has 1 fully saturated rings. The van der Waals surface area contributed by atoms with Crippen molar-refractivity contribution in [3.8, 4) is 0 Å². The van der Waals surface area contributed by atoms with Crippen molar-refractivity contribution in [2.75, 3.05) is 13.1 Å². The van der Waals surface area contributed by atoms with E-state index in [2.05, 4.69) is 10.6 Å². The Balaban J connectivity index is 2.19. The summed E-state index contributed by atoms with van der Waals surface area (Å²) < 4.78 is 0. The fourth-order valence-electron chi connectivity index (χ4n) is 1.14. The first kappa shape index (κ1) is 7.82. The minimum Gasteiger partial charge on any atom is -0.339 e. The molecule has 3 nitrogen and oxygen atoms in total. The second-order valence-electron chi connectivity index (χ2n) is 2.46. The molecule has 0 aromatic carbocycles.